The molecule has 0 spiro atoms. The van der Waals surface area contributed by atoms with Crippen LogP contribution in [0.2, 0.25) is 0 Å². The lowest BCUT2D eigenvalue weighted by atomic mass is 9.73. The van der Waals surface area contributed by atoms with Crippen LogP contribution in [0.1, 0.15) is 64.5 Å². The summed E-state index contributed by atoms with van der Waals surface area (Å²) in [7, 11) is 0. The van der Waals surface area contributed by atoms with E-state index < -0.39 is 0 Å². The molecule has 1 aliphatic rings. The van der Waals surface area contributed by atoms with E-state index in [1.54, 1.807) is 0 Å². The summed E-state index contributed by atoms with van der Waals surface area (Å²) < 4.78 is 1.17. The summed E-state index contributed by atoms with van der Waals surface area (Å²) in [6.45, 7) is 7.10. The molecule has 2 heteroatoms. The molecule has 2 unspecified atom stereocenters. The lowest BCUT2D eigenvalue weighted by Gasteiger charge is -2.41. The van der Waals surface area contributed by atoms with E-state index in [0.29, 0.717) is 17.5 Å². The quantitative estimate of drug-likeness (QED) is 0.775. The smallest absolute Gasteiger partial charge is 0.0320 e. The first-order chi connectivity index (χ1) is 9.03. The Hall–Kier alpha value is -0.340. The Kier molecular flexibility index (Phi) is 5.08. The van der Waals surface area contributed by atoms with Crippen LogP contribution in [0.25, 0.3) is 0 Å². The molecule has 1 aromatic rings. The molecule has 0 radical (unpaired) electrons. The Balaban J connectivity index is 2.10. The Morgan fingerprint density at radius 1 is 1.37 bits per heavy atom. The lowest BCUT2D eigenvalue weighted by molar-refractivity contribution is 0.154. The summed E-state index contributed by atoms with van der Waals surface area (Å²) >= 11 is 3.58. The molecule has 1 N–H and O–H groups in total. The first-order valence-corrected chi connectivity index (χ1v) is 8.34. The van der Waals surface area contributed by atoms with E-state index >= 15 is 0 Å². The van der Waals surface area contributed by atoms with E-state index in [4.69, 9.17) is 0 Å². The van der Waals surface area contributed by atoms with Crippen molar-refractivity contribution in [2.45, 2.75) is 65.0 Å². The molecular weight excluding hydrogens is 298 g/mol. The molecule has 2 atom stereocenters. The summed E-state index contributed by atoms with van der Waals surface area (Å²) in [4.78, 5) is 0. The molecule has 19 heavy (non-hydrogen) atoms. The van der Waals surface area contributed by atoms with E-state index in [1.807, 2.05) is 0 Å². The SMILES string of the molecule is CCC(NC1CCCCC1(C)C)c1cccc(Br)c1. The summed E-state index contributed by atoms with van der Waals surface area (Å²) in [5, 5.41) is 3.92. The standard InChI is InChI=1S/C17H26BrN/c1-4-15(13-8-7-9-14(18)12-13)19-16-10-5-6-11-17(16,2)3/h7-9,12,15-16,19H,4-6,10-11H2,1-3H3. The van der Waals surface area contributed by atoms with Crippen molar-refractivity contribution < 1.29 is 0 Å². The van der Waals surface area contributed by atoms with Crippen LogP contribution >= 0.6 is 15.9 Å². The van der Waals surface area contributed by atoms with Gasteiger partial charge in [0.1, 0.15) is 0 Å². The van der Waals surface area contributed by atoms with Crippen LogP contribution in [0, 0.1) is 5.41 Å². The predicted octanol–water partition coefficient (Wildman–Crippen LogP) is 5.46. The van der Waals surface area contributed by atoms with Crippen molar-refractivity contribution in [3.8, 4) is 0 Å². The van der Waals surface area contributed by atoms with Gasteiger partial charge in [-0.05, 0) is 42.4 Å². The van der Waals surface area contributed by atoms with Crippen molar-refractivity contribution in [2.24, 2.45) is 5.41 Å². The van der Waals surface area contributed by atoms with Gasteiger partial charge in [-0.25, -0.2) is 0 Å². The fourth-order valence-electron chi connectivity index (χ4n) is 3.22. The molecule has 2 rings (SSSR count). The van der Waals surface area contributed by atoms with Gasteiger partial charge in [-0.2, -0.15) is 0 Å². The zero-order chi connectivity index (χ0) is 13.9. The number of rotatable bonds is 4. The Bertz CT molecular complexity index is 413. The number of halogens is 1. The minimum atomic E-state index is 0.428. The summed E-state index contributed by atoms with van der Waals surface area (Å²) in [6, 6.07) is 9.83. The summed E-state index contributed by atoms with van der Waals surface area (Å²) in [6.07, 6.45) is 6.56. The van der Waals surface area contributed by atoms with Gasteiger partial charge in [-0.3, -0.25) is 0 Å². The van der Waals surface area contributed by atoms with Crippen molar-refractivity contribution in [1.82, 2.24) is 5.32 Å². The highest BCUT2D eigenvalue weighted by Crippen LogP contribution is 2.37. The molecule has 0 aliphatic heterocycles. The molecule has 1 fully saturated rings. The maximum absolute atomic E-state index is 3.92. The van der Waals surface area contributed by atoms with Gasteiger partial charge in [-0.15, -0.1) is 0 Å². The second-order valence-corrected chi connectivity index (χ2v) is 7.39. The third-order valence-electron chi connectivity index (χ3n) is 4.57. The van der Waals surface area contributed by atoms with Crippen molar-refractivity contribution in [1.29, 1.82) is 0 Å². The average Bonchev–Trinajstić information content (AvgIpc) is 2.37. The molecular formula is C17H26BrN. The highest BCUT2D eigenvalue weighted by molar-refractivity contribution is 9.10. The first kappa shape index (κ1) is 15.1. The first-order valence-electron chi connectivity index (χ1n) is 7.54. The van der Waals surface area contributed by atoms with E-state index in [0.717, 1.165) is 6.42 Å². The van der Waals surface area contributed by atoms with Crippen LogP contribution in [-0.2, 0) is 0 Å². The molecule has 1 saturated carbocycles. The Morgan fingerprint density at radius 2 is 2.16 bits per heavy atom. The van der Waals surface area contributed by atoms with Crippen LogP contribution in [0.4, 0.5) is 0 Å². The molecule has 0 heterocycles. The lowest BCUT2D eigenvalue weighted by Crippen LogP contribution is -2.45. The van der Waals surface area contributed by atoms with Crippen LogP contribution in [0.15, 0.2) is 28.7 Å². The second-order valence-electron chi connectivity index (χ2n) is 6.47. The van der Waals surface area contributed by atoms with Gasteiger partial charge < -0.3 is 5.32 Å². The highest BCUT2D eigenvalue weighted by Gasteiger charge is 2.33. The van der Waals surface area contributed by atoms with Gasteiger partial charge in [0, 0.05) is 16.6 Å². The Labute approximate surface area is 126 Å². The van der Waals surface area contributed by atoms with Gasteiger partial charge >= 0.3 is 0 Å². The Morgan fingerprint density at radius 3 is 2.79 bits per heavy atom. The predicted molar refractivity (Wildman–Crippen MR) is 86.3 cm³/mol. The molecule has 106 valence electrons. The zero-order valence-corrected chi connectivity index (χ0v) is 14.0. The second kappa shape index (κ2) is 6.41. The number of hydrogen-bond donors (Lipinski definition) is 1. The van der Waals surface area contributed by atoms with Crippen molar-refractivity contribution in [2.75, 3.05) is 0 Å². The van der Waals surface area contributed by atoms with Crippen molar-refractivity contribution >= 4 is 15.9 Å². The molecule has 0 saturated heterocycles. The average molecular weight is 324 g/mol. The van der Waals surface area contributed by atoms with Crippen molar-refractivity contribution in [3.05, 3.63) is 34.3 Å². The number of nitrogens with one attached hydrogen (secondary N) is 1. The molecule has 1 aliphatic carbocycles. The maximum Gasteiger partial charge on any atom is 0.0320 e. The van der Waals surface area contributed by atoms with E-state index in [9.17, 15) is 0 Å². The molecule has 1 aromatic carbocycles. The maximum atomic E-state index is 3.92. The molecule has 0 aromatic heterocycles. The van der Waals surface area contributed by atoms with Gasteiger partial charge in [0.15, 0.2) is 0 Å². The van der Waals surface area contributed by atoms with E-state index in [2.05, 4.69) is 66.3 Å². The van der Waals surface area contributed by atoms with Crippen molar-refractivity contribution in [3.63, 3.8) is 0 Å². The monoisotopic (exact) mass is 323 g/mol. The highest BCUT2D eigenvalue weighted by atomic mass is 79.9. The summed E-state index contributed by atoms with van der Waals surface area (Å²) in [5.41, 5.74) is 1.83. The normalized spacial score (nSPS) is 24.1. The molecule has 1 nitrogen and oxygen atoms in total. The summed E-state index contributed by atoms with van der Waals surface area (Å²) in [5.74, 6) is 0. The van der Waals surface area contributed by atoms with Crippen LogP contribution in [0.3, 0.4) is 0 Å². The molecule has 0 bridgehead atoms. The molecule has 0 amide bonds. The minimum absolute atomic E-state index is 0.428. The third-order valence-corrected chi connectivity index (χ3v) is 5.06. The topological polar surface area (TPSA) is 12.0 Å². The van der Waals surface area contributed by atoms with Gasteiger partial charge in [0.05, 0.1) is 0 Å². The van der Waals surface area contributed by atoms with Gasteiger partial charge in [0.2, 0.25) is 0 Å². The zero-order valence-electron chi connectivity index (χ0n) is 12.4. The number of benzene rings is 1. The fourth-order valence-corrected chi connectivity index (χ4v) is 3.64. The van der Waals surface area contributed by atoms with E-state index in [1.165, 1.54) is 35.7 Å². The largest absolute Gasteiger partial charge is 0.307 e. The van der Waals surface area contributed by atoms with Gasteiger partial charge in [0.25, 0.3) is 0 Å². The number of hydrogen-bond acceptors (Lipinski definition) is 1. The van der Waals surface area contributed by atoms with Crippen LogP contribution in [-0.4, -0.2) is 6.04 Å². The fraction of sp³-hybridized carbons (Fsp3) is 0.647. The minimum Gasteiger partial charge on any atom is -0.307 e. The van der Waals surface area contributed by atoms with Crippen LogP contribution < -0.4 is 5.32 Å². The van der Waals surface area contributed by atoms with Crippen LogP contribution in [0.5, 0.6) is 0 Å². The van der Waals surface area contributed by atoms with E-state index in [-0.39, 0.29) is 0 Å². The van der Waals surface area contributed by atoms with Gasteiger partial charge in [-0.1, -0.05) is 61.7 Å². The third kappa shape index (κ3) is 3.82.